The predicted octanol–water partition coefficient (Wildman–Crippen LogP) is 3.81. The van der Waals surface area contributed by atoms with Crippen molar-refractivity contribution in [3.63, 3.8) is 0 Å². The fourth-order valence-corrected chi connectivity index (χ4v) is 2.60. The highest BCUT2D eigenvalue weighted by molar-refractivity contribution is 5.79. The third-order valence-corrected chi connectivity index (χ3v) is 3.68. The predicted molar refractivity (Wildman–Crippen MR) is 107 cm³/mol. The third-order valence-electron chi connectivity index (χ3n) is 3.68. The third kappa shape index (κ3) is 8.33. The van der Waals surface area contributed by atoms with E-state index >= 15 is 0 Å². The minimum Gasteiger partial charge on any atom is -0.493 e. The van der Waals surface area contributed by atoms with E-state index < -0.39 is 6.17 Å². The number of carbonyl (C=O) groups excluding carboxylic acids is 2. The topological polar surface area (TPSA) is 76.7 Å². The van der Waals surface area contributed by atoms with Crippen LogP contribution in [0.2, 0.25) is 0 Å². The average molecular weight is 379 g/mol. The standard InChI is InChI=1S/C21H34N2O4/c1-13(2)10-19(24)22-21(23-20(25)11-14(3)4)16-8-9-17(26-7)18(12-16)27-15(5)6/h8-9,12-15,21H,10-11H2,1-7H3,(H,22,24)(H,23,25). The SMILES string of the molecule is COc1ccc(C(NC(=O)CC(C)C)NC(=O)CC(C)C)cc1OC(C)C. The van der Waals surface area contributed by atoms with Crippen LogP contribution in [-0.2, 0) is 9.59 Å². The van der Waals surface area contributed by atoms with Crippen LogP contribution in [0.15, 0.2) is 18.2 Å². The van der Waals surface area contributed by atoms with Crippen LogP contribution in [0.5, 0.6) is 11.5 Å². The Labute approximate surface area is 163 Å². The molecule has 1 aromatic rings. The van der Waals surface area contributed by atoms with Crippen LogP contribution in [0.4, 0.5) is 0 Å². The van der Waals surface area contributed by atoms with Gasteiger partial charge in [0.15, 0.2) is 11.5 Å². The first-order valence-corrected chi connectivity index (χ1v) is 9.55. The van der Waals surface area contributed by atoms with Gasteiger partial charge in [0.05, 0.1) is 13.2 Å². The van der Waals surface area contributed by atoms with E-state index in [-0.39, 0.29) is 29.8 Å². The second kappa shape index (κ2) is 10.8. The van der Waals surface area contributed by atoms with Gasteiger partial charge in [-0.3, -0.25) is 9.59 Å². The van der Waals surface area contributed by atoms with E-state index in [0.717, 1.165) is 5.56 Å². The molecule has 0 aliphatic carbocycles. The Morgan fingerprint density at radius 3 is 1.81 bits per heavy atom. The zero-order chi connectivity index (χ0) is 20.6. The number of nitrogens with one attached hydrogen (secondary N) is 2. The normalized spacial score (nSPS) is 11.2. The van der Waals surface area contributed by atoms with E-state index in [9.17, 15) is 9.59 Å². The van der Waals surface area contributed by atoms with Crippen molar-refractivity contribution in [2.45, 2.75) is 66.7 Å². The number of ether oxygens (including phenoxy) is 2. The van der Waals surface area contributed by atoms with Gasteiger partial charge in [-0.15, -0.1) is 0 Å². The lowest BCUT2D eigenvalue weighted by molar-refractivity contribution is -0.125. The van der Waals surface area contributed by atoms with Gasteiger partial charge in [0.1, 0.15) is 6.17 Å². The number of hydrogen-bond acceptors (Lipinski definition) is 4. The van der Waals surface area contributed by atoms with Gasteiger partial charge in [0.2, 0.25) is 11.8 Å². The molecule has 0 aliphatic rings. The maximum atomic E-state index is 12.3. The fourth-order valence-electron chi connectivity index (χ4n) is 2.60. The second-order valence-electron chi connectivity index (χ2n) is 7.84. The Morgan fingerprint density at radius 1 is 0.889 bits per heavy atom. The van der Waals surface area contributed by atoms with Crippen molar-refractivity contribution in [1.29, 1.82) is 0 Å². The van der Waals surface area contributed by atoms with Gasteiger partial charge in [0, 0.05) is 12.8 Å². The van der Waals surface area contributed by atoms with Crippen molar-refractivity contribution in [1.82, 2.24) is 10.6 Å². The lowest BCUT2D eigenvalue weighted by Gasteiger charge is -2.23. The Hall–Kier alpha value is -2.24. The van der Waals surface area contributed by atoms with E-state index in [1.807, 2.05) is 47.6 Å². The van der Waals surface area contributed by atoms with Crippen LogP contribution in [0.1, 0.15) is 66.1 Å². The van der Waals surface area contributed by atoms with Gasteiger partial charge in [-0.2, -0.15) is 0 Å². The first-order chi connectivity index (χ1) is 12.6. The van der Waals surface area contributed by atoms with Gasteiger partial charge >= 0.3 is 0 Å². The molecule has 0 saturated heterocycles. The van der Waals surface area contributed by atoms with Crippen molar-refractivity contribution in [3.8, 4) is 11.5 Å². The quantitative estimate of drug-likeness (QED) is 0.607. The number of hydrogen-bond donors (Lipinski definition) is 2. The Morgan fingerprint density at radius 2 is 1.41 bits per heavy atom. The monoisotopic (exact) mass is 378 g/mol. The zero-order valence-electron chi connectivity index (χ0n) is 17.6. The molecule has 0 bridgehead atoms. The van der Waals surface area contributed by atoms with Crippen molar-refractivity contribution < 1.29 is 19.1 Å². The molecule has 6 heteroatoms. The fraction of sp³-hybridized carbons (Fsp3) is 0.619. The molecule has 0 aromatic heterocycles. The summed E-state index contributed by atoms with van der Waals surface area (Å²) in [5, 5.41) is 5.84. The average Bonchev–Trinajstić information content (AvgIpc) is 2.52. The Bertz CT molecular complexity index is 603. The molecule has 0 aliphatic heterocycles. The van der Waals surface area contributed by atoms with Gasteiger partial charge in [-0.25, -0.2) is 0 Å². The van der Waals surface area contributed by atoms with Crippen molar-refractivity contribution in [3.05, 3.63) is 23.8 Å². The van der Waals surface area contributed by atoms with Crippen LogP contribution in [-0.4, -0.2) is 25.0 Å². The first kappa shape index (κ1) is 22.8. The molecule has 0 spiro atoms. The van der Waals surface area contributed by atoms with Crippen LogP contribution >= 0.6 is 0 Å². The molecule has 0 unspecified atom stereocenters. The molecule has 2 N–H and O–H groups in total. The summed E-state index contributed by atoms with van der Waals surface area (Å²) < 4.78 is 11.2. The lowest BCUT2D eigenvalue weighted by Crippen LogP contribution is -2.41. The van der Waals surface area contributed by atoms with Crippen LogP contribution in [0.3, 0.4) is 0 Å². The molecule has 152 valence electrons. The maximum Gasteiger partial charge on any atom is 0.222 e. The summed E-state index contributed by atoms with van der Waals surface area (Å²) >= 11 is 0. The smallest absolute Gasteiger partial charge is 0.222 e. The van der Waals surface area contributed by atoms with Crippen LogP contribution < -0.4 is 20.1 Å². The summed E-state index contributed by atoms with van der Waals surface area (Å²) in [4.78, 5) is 24.6. The van der Waals surface area contributed by atoms with E-state index in [0.29, 0.717) is 24.3 Å². The van der Waals surface area contributed by atoms with Gasteiger partial charge < -0.3 is 20.1 Å². The molecule has 0 radical (unpaired) electrons. The summed E-state index contributed by atoms with van der Waals surface area (Å²) in [6, 6.07) is 5.40. The van der Waals surface area contributed by atoms with Crippen molar-refractivity contribution >= 4 is 11.8 Å². The van der Waals surface area contributed by atoms with E-state index in [4.69, 9.17) is 9.47 Å². The van der Waals surface area contributed by atoms with Crippen LogP contribution in [0, 0.1) is 11.8 Å². The molecular weight excluding hydrogens is 344 g/mol. The summed E-state index contributed by atoms with van der Waals surface area (Å²) in [5.41, 5.74) is 0.737. The molecule has 0 atom stereocenters. The van der Waals surface area contributed by atoms with Gasteiger partial charge in [0.25, 0.3) is 0 Å². The summed E-state index contributed by atoms with van der Waals surface area (Å²) in [6.07, 6.45) is 0.131. The minimum absolute atomic E-state index is 0.0290. The van der Waals surface area contributed by atoms with Crippen molar-refractivity contribution in [2.75, 3.05) is 7.11 Å². The Kier molecular flexibility index (Phi) is 9.12. The largest absolute Gasteiger partial charge is 0.493 e. The Balaban J connectivity index is 3.12. The van der Waals surface area contributed by atoms with Gasteiger partial charge in [-0.05, 0) is 43.4 Å². The number of rotatable bonds is 10. The summed E-state index contributed by atoms with van der Waals surface area (Å²) in [6.45, 7) is 11.8. The summed E-state index contributed by atoms with van der Waals surface area (Å²) in [5.74, 6) is 1.42. The molecule has 1 aromatic carbocycles. The van der Waals surface area contributed by atoms with Gasteiger partial charge in [-0.1, -0.05) is 33.8 Å². The van der Waals surface area contributed by atoms with Crippen LogP contribution in [0.25, 0.3) is 0 Å². The molecule has 6 nitrogen and oxygen atoms in total. The number of benzene rings is 1. The molecule has 1 rings (SSSR count). The molecule has 0 heterocycles. The maximum absolute atomic E-state index is 12.3. The highest BCUT2D eigenvalue weighted by atomic mass is 16.5. The number of carbonyl (C=O) groups is 2. The van der Waals surface area contributed by atoms with E-state index in [1.54, 1.807) is 19.2 Å². The number of amides is 2. The lowest BCUT2D eigenvalue weighted by atomic mass is 10.1. The van der Waals surface area contributed by atoms with E-state index in [1.165, 1.54) is 0 Å². The second-order valence-corrected chi connectivity index (χ2v) is 7.84. The molecule has 0 saturated carbocycles. The van der Waals surface area contributed by atoms with E-state index in [2.05, 4.69) is 10.6 Å². The molecule has 2 amide bonds. The summed E-state index contributed by atoms with van der Waals surface area (Å²) in [7, 11) is 1.58. The molecule has 0 fully saturated rings. The molecular formula is C21H34N2O4. The zero-order valence-corrected chi connectivity index (χ0v) is 17.6. The minimum atomic E-state index is -0.622. The number of methoxy groups -OCH3 is 1. The molecule has 27 heavy (non-hydrogen) atoms. The van der Waals surface area contributed by atoms with Crippen molar-refractivity contribution in [2.24, 2.45) is 11.8 Å². The first-order valence-electron chi connectivity index (χ1n) is 9.55. The highest BCUT2D eigenvalue weighted by Gasteiger charge is 2.20. The highest BCUT2D eigenvalue weighted by Crippen LogP contribution is 2.31.